The fraction of sp³-hybridized carbons (Fsp3) is 0.714. The summed E-state index contributed by atoms with van der Waals surface area (Å²) in [6.45, 7) is 7.50. The topological polar surface area (TPSA) is 107 Å². The number of carbonyl (C=O) groups excluding carboxylic acids is 1. The number of carboxylic acids is 1. The molecule has 3 heterocycles. The summed E-state index contributed by atoms with van der Waals surface area (Å²) in [4.78, 5) is 30.3. The Morgan fingerprint density at radius 2 is 1.79 bits per heavy atom. The van der Waals surface area contributed by atoms with E-state index in [0.29, 0.717) is 49.8 Å². The minimum atomic E-state index is -0.881. The van der Waals surface area contributed by atoms with Crippen LogP contribution in [-0.2, 0) is 19.1 Å². The van der Waals surface area contributed by atoms with Gasteiger partial charge in [0.05, 0.1) is 32.8 Å². The predicted molar refractivity (Wildman–Crippen MR) is 140 cm³/mol. The summed E-state index contributed by atoms with van der Waals surface area (Å²) in [6.07, 6.45) is 4.72. The van der Waals surface area contributed by atoms with Crippen molar-refractivity contribution in [2.24, 2.45) is 5.92 Å². The Morgan fingerprint density at radius 3 is 2.42 bits per heavy atom. The molecule has 2 fully saturated rings. The number of carboxylic acid groups (broad SMARTS) is 1. The first kappa shape index (κ1) is 28.4. The Labute approximate surface area is 225 Å². The second-order valence-electron chi connectivity index (χ2n) is 10.3. The normalized spacial score (nSPS) is 23.2. The number of amides is 1. The van der Waals surface area contributed by atoms with E-state index in [1.807, 2.05) is 17.0 Å². The van der Waals surface area contributed by atoms with Crippen LogP contribution in [0.2, 0.25) is 0 Å². The maximum Gasteiger partial charge on any atom is 0.308 e. The van der Waals surface area contributed by atoms with Crippen LogP contribution in [0.25, 0.3) is 0 Å². The number of ether oxygens (including phenoxy) is 5. The molecule has 0 bridgehead atoms. The number of hydrogen-bond acceptors (Lipinski definition) is 8. The van der Waals surface area contributed by atoms with Gasteiger partial charge in [-0.05, 0) is 43.4 Å². The third-order valence-corrected chi connectivity index (χ3v) is 7.79. The molecular formula is C28H42N2O8. The molecule has 3 aliphatic heterocycles. The lowest BCUT2D eigenvalue weighted by Crippen LogP contribution is -2.45. The van der Waals surface area contributed by atoms with Gasteiger partial charge in [0.15, 0.2) is 17.8 Å². The van der Waals surface area contributed by atoms with Gasteiger partial charge in [-0.2, -0.15) is 0 Å². The van der Waals surface area contributed by atoms with E-state index in [-0.39, 0.29) is 37.5 Å². The van der Waals surface area contributed by atoms with Gasteiger partial charge < -0.3 is 33.7 Å². The van der Waals surface area contributed by atoms with Crippen molar-refractivity contribution < 1.29 is 38.4 Å². The summed E-state index contributed by atoms with van der Waals surface area (Å²) in [6, 6.07) is 3.35. The van der Waals surface area contributed by atoms with Crippen molar-refractivity contribution in [3.63, 3.8) is 0 Å². The Hall–Kier alpha value is -2.56. The van der Waals surface area contributed by atoms with Crippen LogP contribution in [0.3, 0.4) is 0 Å². The van der Waals surface area contributed by atoms with E-state index < -0.39 is 11.9 Å². The average molecular weight is 535 g/mol. The Kier molecular flexibility index (Phi) is 10.1. The van der Waals surface area contributed by atoms with E-state index in [4.69, 9.17) is 23.7 Å². The van der Waals surface area contributed by atoms with Gasteiger partial charge >= 0.3 is 5.97 Å². The molecule has 10 heteroatoms. The molecule has 0 unspecified atom stereocenters. The number of benzene rings is 1. The van der Waals surface area contributed by atoms with Crippen molar-refractivity contribution in [1.29, 1.82) is 0 Å². The molecular weight excluding hydrogens is 492 g/mol. The van der Waals surface area contributed by atoms with E-state index in [2.05, 4.69) is 18.7 Å². The van der Waals surface area contributed by atoms with E-state index in [0.717, 1.165) is 44.3 Å². The van der Waals surface area contributed by atoms with Crippen LogP contribution < -0.4 is 14.2 Å². The first-order valence-electron chi connectivity index (χ1n) is 13.9. The lowest BCUT2D eigenvalue weighted by Gasteiger charge is -2.30. The second-order valence-corrected chi connectivity index (χ2v) is 10.3. The molecule has 1 aromatic carbocycles. The van der Waals surface area contributed by atoms with Crippen molar-refractivity contribution in [2.45, 2.75) is 70.6 Å². The van der Waals surface area contributed by atoms with Crippen molar-refractivity contribution in [3.8, 4) is 17.2 Å². The van der Waals surface area contributed by atoms with Gasteiger partial charge in [-0.15, -0.1) is 0 Å². The quantitative estimate of drug-likeness (QED) is 0.384. The van der Waals surface area contributed by atoms with Crippen LogP contribution in [-0.4, -0.2) is 92.4 Å². The zero-order valence-electron chi connectivity index (χ0n) is 22.9. The highest BCUT2D eigenvalue weighted by Crippen LogP contribution is 2.47. The number of carbonyl (C=O) groups is 2. The number of aliphatic carboxylic acids is 1. The van der Waals surface area contributed by atoms with Crippen molar-refractivity contribution in [1.82, 2.24) is 9.80 Å². The molecule has 3 aliphatic rings. The number of rotatable bonds is 14. The Bertz CT molecular complexity index is 943. The van der Waals surface area contributed by atoms with Gasteiger partial charge in [0.25, 0.3) is 0 Å². The van der Waals surface area contributed by atoms with Gasteiger partial charge in [-0.1, -0.05) is 26.7 Å². The molecule has 2 saturated heterocycles. The first-order valence-corrected chi connectivity index (χ1v) is 13.9. The maximum absolute atomic E-state index is 13.5. The molecule has 0 saturated carbocycles. The molecule has 0 aliphatic carbocycles. The summed E-state index contributed by atoms with van der Waals surface area (Å²) >= 11 is 0. The minimum Gasteiger partial charge on any atom is -0.493 e. The van der Waals surface area contributed by atoms with Gasteiger partial charge in [0.1, 0.15) is 0 Å². The highest BCUT2D eigenvalue weighted by Gasteiger charge is 2.48. The molecule has 0 radical (unpaired) electrons. The summed E-state index contributed by atoms with van der Waals surface area (Å²) in [5.41, 5.74) is 0.806. The predicted octanol–water partition coefficient (Wildman–Crippen LogP) is 3.47. The fourth-order valence-electron chi connectivity index (χ4n) is 5.77. The van der Waals surface area contributed by atoms with Gasteiger partial charge in [-0.25, -0.2) is 0 Å². The average Bonchev–Trinajstić information content (AvgIpc) is 3.67. The highest BCUT2D eigenvalue weighted by molar-refractivity contribution is 5.79. The lowest BCUT2D eigenvalue weighted by atomic mass is 9.83. The van der Waals surface area contributed by atoms with E-state index in [1.165, 1.54) is 0 Å². The number of likely N-dealkylation sites (tertiary alicyclic amines) is 1. The SMILES string of the molecule is CCCCN(CCCC)C(=O)CN1C[C@H](c2cc(OC)c3c(c2)OCO3)[C@@H](C(=O)O)[C@@H]1CCC1OCCO1. The number of hydrogen-bond donors (Lipinski definition) is 1. The van der Waals surface area contributed by atoms with Crippen LogP contribution >= 0.6 is 0 Å². The zero-order chi connectivity index (χ0) is 27.1. The number of fused-ring (bicyclic) bond motifs is 1. The smallest absolute Gasteiger partial charge is 0.308 e. The molecule has 0 spiro atoms. The zero-order valence-corrected chi connectivity index (χ0v) is 22.9. The van der Waals surface area contributed by atoms with Gasteiger partial charge in [0, 0.05) is 31.6 Å². The number of unbranched alkanes of at least 4 members (excludes halogenated alkanes) is 2. The molecule has 0 aromatic heterocycles. The summed E-state index contributed by atoms with van der Waals surface area (Å²) < 4.78 is 28.0. The van der Waals surface area contributed by atoms with Crippen LogP contribution in [0.5, 0.6) is 17.2 Å². The molecule has 10 nitrogen and oxygen atoms in total. The van der Waals surface area contributed by atoms with Crippen molar-refractivity contribution >= 4 is 11.9 Å². The van der Waals surface area contributed by atoms with Crippen LogP contribution in [0.15, 0.2) is 12.1 Å². The van der Waals surface area contributed by atoms with E-state index >= 15 is 0 Å². The lowest BCUT2D eigenvalue weighted by molar-refractivity contribution is -0.144. The van der Waals surface area contributed by atoms with E-state index in [1.54, 1.807) is 7.11 Å². The fourth-order valence-corrected chi connectivity index (χ4v) is 5.77. The first-order chi connectivity index (χ1) is 18.5. The largest absolute Gasteiger partial charge is 0.493 e. The van der Waals surface area contributed by atoms with Gasteiger partial charge in [-0.3, -0.25) is 14.5 Å². The van der Waals surface area contributed by atoms with Crippen LogP contribution in [0, 0.1) is 5.92 Å². The van der Waals surface area contributed by atoms with Crippen LogP contribution in [0.4, 0.5) is 0 Å². The molecule has 1 aromatic rings. The van der Waals surface area contributed by atoms with Crippen molar-refractivity contribution in [3.05, 3.63) is 17.7 Å². The standard InChI is InChI=1S/C28H42N2O8/c1-4-6-10-29(11-7-5-2)24(31)17-30-16-20(19-14-22(34-3)27-23(15-19)37-18-38-27)26(28(32)33)21(30)8-9-25-35-12-13-36-25/h14-15,20-21,25-26H,4-13,16-18H2,1-3H3,(H,32,33)/t20-,21+,26-/m1/s1. The maximum atomic E-state index is 13.5. The van der Waals surface area contributed by atoms with Gasteiger partial charge in [0.2, 0.25) is 18.4 Å². The monoisotopic (exact) mass is 534 g/mol. The van der Waals surface area contributed by atoms with Crippen molar-refractivity contribution in [2.75, 3.05) is 53.3 Å². The minimum absolute atomic E-state index is 0.0540. The summed E-state index contributed by atoms with van der Waals surface area (Å²) in [7, 11) is 1.56. The Morgan fingerprint density at radius 1 is 1.08 bits per heavy atom. The third kappa shape index (κ3) is 6.52. The number of methoxy groups -OCH3 is 1. The molecule has 4 rings (SSSR count). The third-order valence-electron chi connectivity index (χ3n) is 7.79. The highest BCUT2D eigenvalue weighted by atomic mass is 16.7. The van der Waals surface area contributed by atoms with Crippen LogP contribution in [0.1, 0.15) is 63.9 Å². The second kappa shape index (κ2) is 13.5. The molecule has 212 valence electrons. The van der Waals surface area contributed by atoms with E-state index in [9.17, 15) is 14.7 Å². The molecule has 1 amide bonds. The number of nitrogens with zero attached hydrogens (tertiary/aromatic N) is 2. The molecule has 3 atom stereocenters. The summed E-state index contributed by atoms with van der Waals surface area (Å²) in [5, 5.41) is 10.4. The molecule has 1 N–H and O–H groups in total. The Balaban J connectivity index is 1.60. The molecule has 38 heavy (non-hydrogen) atoms. The summed E-state index contributed by atoms with van der Waals surface area (Å²) in [5.74, 6) is -0.293.